The SMILES string of the molecule is C/C(=C/c1cc(C)cc(C)c1)c1ccc(Oc2ccc(CBr)cc2)cc1.C/C(=C/c1cc(C)cc(C)c1)c1ccc(Oc2ccc(CO)cc2)cc1.Cc1cc(C)cc(/C=C(/C(=O)O)c2ccc(Oc3ccc(CC4SC(=O)NC4=O)cc3)cc2)c1. The van der Waals surface area contributed by atoms with Gasteiger partial charge in [-0.05, 0) is 202 Å². The fourth-order valence-electron chi connectivity index (χ4n) is 9.81. The van der Waals surface area contributed by atoms with Crippen molar-refractivity contribution in [2.45, 2.75) is 79.0 Å². The van der Waals surface area contributed by atoms with Crippen molar-refractivity contribution in [1.82, 2.24) is 5.32 Å². The van der Waals surface area contributed by atoms with Crippen molar-refractivity contribution < 1.29 is 38.8 Å². The number of alkyl halides is 1. The van der Waals surface area contributed by atoms with Gasteiger partial charge >= 0.3 is 5.97 Å². The number of hydrogen-bond donors (Lipinski definition) is 3. The molecule has 2 amide bonds. The number of aliphatic carboxylic acids is 1. The van der Waals surface area contributed by atoms with Crippen LogP contribution in [0.25, 0.3) is 34.9 Å². The average molecular weight is 1230 g/mol. The molecule has 9 aromatic rings. The normalized spacial score (nSPS) is 13.2. The summed E-state index contributed by atoms with van der Waals surface area (Å²) in [6.45, 7) is 16.8. The van der Waals surface area contributed by atoms with Crippen molar-refractivity contribution in [2.24, 2.45) is 0 Å². The number of nitrogens with one attached hydrogen (secondary N) is 1. The predicted molar refractivity (Wildman–Crippen MR) is 356 cm³/mol. The highest BCUT2D eigenvalue weighted by Crippen LogP contribution is 2.31. The minimum Gasteiger partial charge on any atom is -0.478 e. The smallest absolute Gasteiger partial charge is 0.336 e. The second kappa shape index (κ2) is 30.2. The van der Waals surface area contributed by atoms with Crippen LogP contribution in [0.5, 0.6) is 34.5 Å². The van der Waals surface area contributed by atoms with Gasteiger partial charge in [-0.3, -0.25) is 14.9 Å². The van der Waals surface area contributed by atoms with E-state index < -0.39 is 11.2 Å². The number of carbonyl (C=O) groups is 3. The van der Waals surface area contributed by atoms with Crippen LogP contribution in [0, 0.1) is 41.5 Å². The van der Waals surface area contributed by atoms with E-state index in [4.69, 9.17) is 19.3 Å². The van der Waals surface area contributed by atoms with Gasteiger partial charge in [-0.25, -0.2) is 4.79 Å². The zero-order valence-electron chi connectivity index (χ0n) is 49.6. The first-order valence-corrected chi connectivity index (χ1v) is 30.2. The second-order valence-electron chi connectivity index (χ2n) is 21.5. The molecule has 1 aliphatic heterocycles. The van der Waals surface area contributed by atoms with Gasteiger partial charge in [0.05, 0.1) is 17.4 Å². The maximum Gasteiger partial charge on any atom is 0.336 e. The molecule has 0 radical (unpaired) electrons. The summed E-state index contributed by atoms with van der Waals surface area (Å²) in [6.07, 6.45) is 6.58. The summed E-state index contributed by atoms with van der Waals surface area (Å²) in [6, 6.07) is 65.3. The number of imide groups is 1. The van der Waals surface area contributed by atoms with Gasteiger partial charge in [0, 0.05) is 5.33 Å². The summed E-state index contributed by atoms with van der Waals surface area (Å²) in [4.78, 5) is 34.9. The van der Waals surface area contributed by atoms with E-state index in [0.29, 0.717) is 23.5 Å². The van der Waals surface area contributed by atoms with Gasteiger partial charge < -0.3 is 24.4 Å². The highest BCUT2D eigenvalue weighted by Gasteiger charge is 2.31. The molecule has 1 unspecified atom stereocenters. The van der Waals surface area contributed by atoms with E-state index >= 15 is 0 Å². The molecule has 436 valence electrons. The summed E-state index contributed by atoms with van der Waals surface area (Å²) in [7, 11) is 0. The molecule has 9 aromatic carbocycles. The summed E-state index contributed by atoms with van der Waals surface area (Å²) < 4.78 is 17.7. The minimum atomic E-state index is -1.00. The first-order valence-electron chi connectivity index (χ1n) is 28.2. The Bertz CT molecular complexity index is 3690. The number of aliphatic hydroxyl groups excluding tert-OH is 1. The quantitative estimate of drug-likeness (QED) is 0.0463. The average Bonchev–Trinajstić information content (AvgIpc) is 3.72. The van der Waals surface area contributed by atoms with Gasteiger partial charge in [0.15, 0.2) is 0 Å². The Kier molecular flexibility index (Phi) is 22.1. The van der Waals surface area contributed by atoms with Gasteiger partial charge in [0.2, 0.25) is 5.91 Å². The lowest BCUT2D eigenvalue weighted by Crippen LogP contribution is -2.25. The van der Waals surface area contributed by atoms with Gasteiger partial charge in [0.25, 0.3) is 5.24 Å². The fraction of sp³-hybridized carbons (Fsp3) is 0.160. The molecule has 1 atom stereocenters. The van der Waals surface area contributed by atoms with Crippen molar-refractivity contribution in [2.75, 3.05) is 0 Å². The molecule has 1 aliphatic rings. The minimum absolute atomic E-state index is 0.0427. The summed E-state index contributed by atoms with van der Waals surface area (Å²) >= 11 is 4.46. The largest absolute Gasteiger partial charge is 0.478 e. The number of hydrogen-bond acceptors (Lipinski definition) is 8. The van der Waals surface area contributed by atoms with Crippen LogP contribution in [-0.2, 0) is 27.9 Å². The molecule has 9 nitrogen and oxygen atoms in total. The van der Waals surface area contributed by atoms with E-state index in [1.54, 1.807) is 42.5 Å². The van der Waals surface area contributed by atoms with Crippen LogP contribution < -0.4 is 19.5 Å². The molecular formula is C75H70BrNO8S. The van der Waals surface area contributed by atoms with E-state index in [1.807, 2.05) is 105 Å². The van der Waals surface area contributed by atoms with Crippen LogP contribution in [0.4, 0.5) is 4.79 Å². The van der Waals surface area contributed by atoms with Crippen LogP contribution in [0.15, 0.2) is 200 Å². The Hall–Kier alpha value is -9.00. The number of carbonyl (C=O) groups excluding carboxylic acids is 2. The van der Waals surface area contributed by atoms with Gasteiger partial charge in [-0.2, -0.15) is 0 Å². The lowest BCUT2D eigenvalue weighted by Gasteiger charge is -2.10. The molecule has 0 aliphatic carbocycles. The highest BCUT2D eigenvalue weighted by atomic mass is 79.9. The Labute approximate surface area is 517 Å². The lowest BCUT2D eigenvalue weighted by atomic mass is 10.0. The van der Waals surface area contributed by atoms with E-state index in [1.165, 1.54) is 61.2 Å². The number of halogens is 1. The first kappa shape index (κ1) is 63.0. The Morgan fingerprint density at radius 2 is 0.779 bits per heavy atom. The van der Waals surface area contributed by atoms with Crippen LogP contribution in [0.2, 0.25) is 0 Å². The number of allylic oxidation sites excluding steroid dienone is 2. The molecule has 0 aromatic heterocycles. The van der Waals surface area contributed by atoms with E-state index in [2.05, 4.69) is 148 Å². The number of amides is 2. The molecule has 0 spiro atoms. The topological polar surface area (TPSA) is 131 Å². The van der Waals surface area contributed by atoms with Gasteiger partial charge in [-0.1, -0.05) is 201 Å². The van der Waals surface area contributed by atoms with Crippen molar-refractivity contribution in [3.05, 3.63) is 284 Å². The second-order valence-corrected chi connectivity index (χ2v) is 23.2. The predicted octanol–water partition coefficient (Wildman–Crippen LogP) is 19.3. The fourth-order valence-corrected chi connectivity index (χ4v) is 11.0. The molecule has 3 N–H and O–H groups in total. The maximum absolute atomic E-state index is 11.9. The summed E-state index contributed by atoms with van der Waals surface area (Å²) in [5, 5.41) is 21.3. The van der Waals surface area contributed by atoms with Crippen LogP contribution in [0.3, 0.4) is 0 Å². The van der Waals surface area contributed by atoms with Gasteiger partial charge in [-0.15, -0.1) is 0 Å². The third-order valence-corrected chi connectivity index (χ3v) is 15.5. The van der Waals surface area contributed by atoms with Crippen molar-refractivity contribution in [3.63, 3.8) is 0 Å². The first-order chi connectivity index (χ1) is 41.3. The monoisotopic (exact) mass is 1220 g/mol. The number of benzene rings is 9. The lowest BCUT2D eigenvalue weighted by molar-refractivity contribution is -0.130. The van der Waals surface area contributed by atoms with E-state index in [-0.39, 0.29) is 23.3 Å². The number of carboxylic acids is 1. The number of thioether (sulfide) groups is 1. The number of carboxylic acid groups (broad SMARTS) is 1. The van der Waals surface area contributed by atoms with Crippen molar-refractivity contribution in [3.8, 4) is 34.5 Å². The molecule has 1 saturated heterocycles. The molecule has 86 heavy (non-hydrogen) atoms. The zero-order valence-corrected chi connectivity index (χ0v) is 52.0. The summed E-state index contributed by atoms with van der Waals surface area (Å²) in [5.74, 6) is 3.18. The molecule has 10 rings (SSSR count). The Balaban J connectivity index is 0.000000170. The number of aryl methyl sites for hydroxylation is 6. The Morgan fingerprint density at radius 3 is 1.09 bits per heavy atom. The van der Waals surface area contributed by atoms with E-state index in [0.717, 1.165) is 67.9 Å². The van der Waals surface area contributed by atoms with Crippen molar-refractivity contribution in [1.29, 1.82) is 0 Å². The molecule has 11 heteroatoms. The highest BCUT2D eigenvalue weighted by molar-refractivity contribution is 9.08. The molecule has 1 fully saturated rings. The molecule has 0 bridgehead atoms. The van der Waals surface area contributed by atoms with Crippen molar-refractivity contribution >= 4 is 79.8 Å². The molecular weight excluding hydrogens is 1150 g/mol. The van der Waals surface area contributed by atoms with Crippen LogP contribution in [-0.4, -0.2) is 32.6 Å². The third-order valence-electron chi connectivity index (χ3n) is 13.8. The van der Waals surface area contributed by atoms with Crippen LogP contribution >= 0.6 is 27.7 Å². The Morgan fingerprint density at radius 1 is 0.465 bits per heavy atom. The number of rotatable bonds is 17. The number of aliphatic hydroxyl groups is 1. The van der Waals surface area contributed by atoms with Gasteiger partial charge in [0.1, 0.15) is 34.5 Å². The zero-order chi connectivity index (χ0) is 61.3. The summed E-state index contributed by atoms with van der Waals surface area (Å²) in [5.41, 5.74) is 19.2. The molecule has 0 saturated carbocycles. The standard InChI is InChI=1S/C27H23NO5S.C24H23BrO.C24H24O2/c1-16-11-17(2)13-19(12-16)14-23(26(30)31)20-5-9-22(10-6-20)33-21-7-3-18(4-8-21)15-24-25(29)28-27(32)34-24;2*1-17-12-18(2)14-21(13-17)15-19(3)22-6-10-24(11-7-22)26-23-8-4-20(16-25)5-9-23/h3-14,24H,15H2,1-2H3,(H,30,31)(H,28,29,32);4-15H,16H2,1-3H3;4-15,25H,16H2,1-3H3/b23-14+;2*19-15-. The molecule has 1 heterocycles. The maximum atomic E-state index is 11.9. The number of ether oxygens (including phenoxy) is 3. The van der Waals surface area contributed by atoms with E-state index in [9.17, 15) is 19.5 Å². The van der Waals surface area contributed by atoms with Crippen LogP contribution in [0.1, 0.15) is 97.3 Å². The third kappa shape index (κ3) is 19.0.